The molecule has 1 aliphatic carbocycles. The molecule has 0 bridgehead atoms. The lowest BCUT2D eigenvalue weighted by Gasteiger charge is -2.34. The number of hydrogen-bond donors (Lipinski definition) is 0. The fourth-order valence-electron chi connectivity index (χ4n) is 4.28. The third kappa shape index (κ3) is 6.04. The lowest BCUT2D eigenvalue weighted by molar-refractivity contribution is -0.150. The zero-order valence-electron chi connectivity index (χ0n) is 18.5. The maximum atomic E-state index is 13.3. The van der Waals surface area contributed by atoms with Crippen LogP contribution < -0.4 is 0 Å². The molecule has 0 unspecified atom stereocenters. The van der Waals surface area contributed by atoms with Crippen molar-refractivity contribution in [3.63, 3.8) is 0 Å². The molecule has 33 heavy (non-hydrogen) atoms. The smallest absolute Gasteiger partial charge is 0.331 e. The largest absolute Gasteiger partial charge is 0.452 e. The highest BCUT2D eigenvalue weighted by Crippen LogP contribution is 2.24. The summed E-state index contributed by atoms with van der Waals surface area (Å²) in [6.45, 7) is 0.0491. The Balaban J connectivity index is 1.40. The summed E-state index contributed by atoms with van der Waals surface area (Å²) in [7, 11) is 0. The van der Waals surface area contributed by atoms with E-state index >= 15 is 0 Å². The summed E-state index contributed by atoms with van der Waals surface area (Å²) < 4.78 is 18.5. The number of carbonyl (C=O) groups excluding carboxylic acids is 2. The molecule has 0 N–H and O–H groups in total. The number of carbonyl (C=O) groups is 2. The van der Waals surface area contributed by atoms with Crippen molar-refractivity contribution in [2.24, 2.45) is 0 Å². The van der Waals surface area contributed by atoms with Gasteiger partial charge < -0.3 is 9.64 Å². The molecule has 1 aromatic heterocycles. The molecule has 2 aromatic carbocycles. The van der Waals surface area contributed by atoms with E-state index in [2.05, 4.69) is 4.98 Å². The Morgan fingerprint density at radius 1 is 1.03 bits per heavy atom. The number of hydrogen-bond acceptors (Lipinski definition) is 4. The van der Waals surface area contributed by atoms with Crippen molar-refractivity contribution >= 4 is 28.9 Å². The van der Waals surface area contributed by atoms with Crippen LogP contribution in [0.15, 0.2) is 66.9 Å². The zero-order valence-corrected chi connectivity index (χ0v) is 18.5. The average molecular weight is 447 g/mol. The van der Waals surface area contributed by atoms with Gasteiger partial charge in [0.05, 0.1) is 5.52 Å². The molecule has 1 fully saturated rings. The predicted octanol–water partition coefficient (Wildman–Crippen LogP) is 5.29. The zero-order chi connectivity index (χ0) is 23.0. The van der Waals surface area contributed by atoms with E-state index in [4.69, 9.17) is 4.74 Å². The highest BCUT2D eigenvalue weighted by molar-refractivity contribution is 5.93. The first-order valence-corrected chi connectivity index (χ1v) is 11.3. The Labute approximate surface area is 192 Å². The van der Waals surface area contributed by atoms with Gasteiger partial charge in [0.25, 0.3) is 5.91 Å². The van der Waals surface area contributed by atoms with Crippen LogP contribution >= 0.6 is 0 Å². The van der Waals surface area contributed by atoms with E-state index in [0.717, 1.165) is 54.1 Å². The number of fused-ring (bicyclic) bond motifs is 1. The number of esters is 1. The molecule has 1 aliphatic rings. The maximum Gasteiger partial charge on any atom is 0.331 e. The summed E-state index contributed by atoms with van der Waals surface area (Å²) in [6.07, 6.45) is 9.83. The van der Waals surface area contributed by atoms with Crippen LogP contribution in [-0.4, -0.2) is 34.4 Å². The molecule has 1 saturated carbocycles. The molecular weight excluding hydrogens is 419 g/mol. The van der Waals surface area contributed by atoms with Gasteiger partial charge in [0.1, 0.15) is 5.82 Å². The Morgan fingerprint density at radius 3 is 2.58 bits per heavy atom. The lowest BCUT2D eigenvalue weighted by Crippen LogP contribution is -2.43. The molecule has 0 saturated heterocycles. The standard InChI is InChI=1S/C27H27FN2O3/c28-23-14-11-20(12-15-23)18-30(24-9-2-1-3-10-24)25(31)19-33-26(32)16-13-22-7-4-6-21-8-5-17-29-27(21)22/h4-8,11-17,24H,1-3,9-10,18-19H2/b16-13+. The van der Waals surface area contributed by atoms with Gasteiger partial charge in [-0.3, -0.25) is 9.78 Å². The second-order valence-corrected chi connectivity index (χ2v) is 8.30. The number of benzene rings is 2. The van der Waals surface area contributed by atoms with Gasteiger partial charge in [0.2, 0.25) is 0 Å². The van der Waals surface area contributed by atoms with E-state index in [1.165, 1.54) is 18.2 Å². The fraction of sp³-hybridized carbons (Fsp3) is 0.296. The summed E-state index contributed by atoms with van der Waals surface area (Å²) in [4.78, 5) is 31.5. The van der Waals surface area contributed by atoms with Gasteiger partial charge in [0, 0.05) is 35.8 Å². The van der Waals surface area contributed by atoms with Crippen LogP contribution in [0.4, 0.5) is 4.39 Å². The van der Waals surface area contributed by atoms with E-state index < -0.39 is 5.97 Å². The highest BCUT2D eigenvalue weighted by Gasteiger charge is 2.26. The number of amides is 1. The van der Waals surface area contributed by atoms with Gasteiger partial charge in [-0.25, -0.2) is 9.18 Å². The van der Waals surface area contributed by atoms with Crippen molar-refractivity contribution < 1.29 is 18.7 Å². The first-order chi connectivity index (χ1) is 16.1. The molecule has 1 heterocycles. The van der Waals surface area contributed by atoms with E-state index in [0.29, 0.717) is 6.54 Å². The maximum absolute atomic E-state index is 13.3. The van der Waals surface area contributed by atoms with Gasteiger partial charge in [-0.2, -0.15) is 0 Å². The molecule has 0 radical (unpaired) electrons. The molecule has 6 heteroatoms. The van der Waals surface area contributed by atoms with Crippen LogP contribution in [0.5, 0.6) is 0 Å². The quantitative estimate of drug-likeness (QED) is 0.365. The predicted molar refractivity (Wildman–Crippen MR) is 126 cm³/mol. The number of pyridine rings is 1. The molecule has 170 valence electrons. The Morgan fingerprint density at radius 2 is 1.79 bits per heavy atom. The van der Waals surface area contributed by atoms with Crippen LogP contribution in [0.1, 0.15) is 43.2 Å². The third-order valence-corrected chi connectivity index (χ3v) is 6.00. The molecule has 1 amide bonds. The molecule has 0 aliphatic heterocycles. The van der Waals surface area contributed by atoms with Gasteiger partial charge in [0.15, 0.2) is 6.61 Å². The van der Waals surface area contributed by atoms with E-state index in [-0.39, 0.29) is 24.4 Å². The molecule has 5 nitrogen and oxygen atoms in total. The number of rotatable bonds is 7. The minimum atomic E-state index is -0.582. The first-order valence-electron chi connectivity index (χ1n) is 11.3. The van der Waals surface area contributed by atoms with Crippen molar-refractivity contribution in [3.05, 3.63) is 83.8 Å². The molecule has 0 spiro atoms. The van der Waals surface area contributed by atoms with Crippen molar-refractivity contribution in [2.75, 3.05) is 6.61 Å². The number of ether oxygens (including phenoxy) is 1. The highest BCUT2D eigenvalue weighted by atomic mass is 19.1. The van der Waals surface area contributed by atoms with E-state index in [1.807, 2.05) is 30.3 Å². The minimum Gasteiger partial charge on any atom is -0.452 e. The van der Waals surface area contributed by atoms with Crippen LogP contribution in [0.25, 0.3) is 17.0 Å². The Hall–Kier alpha value is -3.54. The van der Waals surface area contributed by atoms with E-state index in [9.17, 15) is 14.0 Å². The molecule has 3 aromatic rings. The summed E-state index contributed by atoms with van der Waals surface area (Å²) in [5, 5.41) is 0.979. The third-order valence-electron chi connectivity index (χ3n) is 6.00. The number of nitrogens with zero attached hydrogens (tertiary/aromatic N) is 2. The normalized spacial score (nSPS) is 14.5. The lowest BCUT2D eigenvalue weighted by atomic mass is 9.93. The topological polar surface area (TPSA) is 59.5 Å². The molecule has 0 atom stereocenters. The van der Waals surface area contributed by atoms with Crippen molar-refractivity contribution in [3.8, 4) is 0 Å². The van der Waals surface area contributed by atoms with Gasteiger partial charge in [-0.15, -0.1) is 0 Å². The van der Waals surface area contributed by atoms with Crippen LogP contribution in [0, 0.1) is 5.82 Å². The van der Waals surface area contributed by atoms with Crippen molar-refractivity contribution in [2.45, 2.75) is 44.7 Å². The summed E-state index contributed by atoms with van der Waals surface area (Å²) in [5.41, 5.74) is 2.45. The Bertz CT molecular complexity index is 1130. The molecular formula is C27H27FN2O3. The summed E-state index contributed by atoms with van der Waals surface area (Å²) in [6, 6.07) is 15.8. The average Bonchev–Trinajstić information content (AvgIpc) is 2.86. The Kier molecular flexibility index (Phi) is 7.45. The SMILES string of the molecule is O=C(/C=C/c1cccc2cccnc12)OCC(=O)N(Cc1ccc(F)cc1)C1CCCCC1. The van der Waals surface area contributed by atoms with Gasteiger partial charge in [-0.05, 0) is 42.7 Å². The molecule has 4 rings (SSSR count). The second kappa shape index (κ2) is 10.9. The van der Waals surface area contributed by atoms with Crippen molar-refractivity contribution in [1.29, 1.82) is 0 Å². The van der Waals surface area contributed by atoms with E-state index in [1.54, 1.807) is 29.3 Å². The summed E-state index contributed by atoms with van der Waals surface area (Å²) >= 11 is 0. The first kappa shape index (κ1) is 22.6. The number of aromatic nitrogens is 1. The van der Waals surface area contributed by atoms with Gasteiger partial charge >= 0.3 is 5.97 Å². The van der Waals surface area contributed by atoms with Gasteiger partial charge in [-0.1, -0.05) is 55.7 Å². The minimum absolute atomic E-state index is 0.104. The van der Waals surface area contributed by atoms with Crippen molar-refractivity contribution in [1.82, 2.24) is 9.88 Å². The monoisotopic (exact) mass is 446 g/mol. The number of halogens is 1. The van der Waals surface area contributed by atoms with Crippen LogP contribution in [0.3, 0.4) is 0 Å². The van der Waals surface area contributed by atoms with Crippen LogP contribution in [-0.2, 0) is 20.9 Å². The summed E-state index contributed by atoms with van der Waals surface area (Å²) in [5.74, 6) is -1.13. The number of para-hydroxylation sites is 1. The second-order valence-electron chi connectivity index (χ2n) is 8.30. The van der Waals surface area contributed by atoms with Crippen LogP contribution in [0.2, 0.25) is 0 Å². The fourth-order valence-corrected chi connectivity index (χ4v) is 4.28.